The Bertz CT molecular complexity index is 681. The number of benzene rings is 1. The Labute approximate surface area is 107 Å². The molecular weight excluding hydrogens is 250 g/mol. The van der Waals surface area contributed by atoms with Crippen LogP contribution < -0.4 is 4.72 Å². The Kier molecular flexibility index (Phi) is 2.85. The lowest BCUT2D eigenvalue weighted by Gasteiger charge is -2.18. The number of hydrogen-bond acceptors (Lipinski definition) is 3. The number of nitrogens with zero attached hydrogens (tertiary/aromatic N) is 1. The summed E-state index contributed by atoms with van der Waals surface area (Å²) < 4.78 is 24.6. The van der Waals surface area contributed by atoms with Gasteiger partial charge in [0.1, 0.15) is 0 Å². The van der Waals surface area contributed by atoms with Crippen molar-refractivity contribution in [2.75, 3.05) is 11.0 Å². The third-order valence-electron chi connectivity index (χ3n) is 2.63. The molecule has 0 aliphatic carbocycles. The number of H-pyrrole nitrogens is 1. The molecule has 0 saturated heterocycles. The van der Waals surface area contributed by atoms with Gasteiger partial charge in [0.2, 0.25) is 16.0 Å². The van der Waals surface area contributed by atoms with Crippen molar-refractivity contribution >= 4 is 27.0 Å². The summed E-state index contributed by atoms with van der Waals surface area (Å²) in [6.45, 7) is 6.38. The Morgan fingerprint density at radius 3 is 2.50 bits per heavy atom. The van der Waals surface area contributed by atoms with Gasteiger partial charge in [-0.25, -0.2) is 13.4 Å². The number of nitrogens with one attached hydrogen (secondary N) is 2. The number of imidazole rings is 1. The van der Waals surface area contributed by atoms with Crippen LogP contribution in [0.25, 0.3) is 11.0 Å². The molecule has 0 unspecified atom stereocenters. The Morgan fingerprint density at radius 1 is 1.28 bits per heavy atom. The number of sulfonamides is 1. The molecule has 18 heavy (non-hydrogen) atoms. The van der Waals surface area contributed by atoms with Crippen LogP contribution in [0.1, 0.15) is 26.3 Å². The minimum atomic E-state index is -3.31. The predicted molar refractivity (Wildman–Crippen MR) is 73.3 cm³/mol. The van der Waals surface area contributed by atoms with Crippen molar-refractivity contribution < 1.29 is 8.42 Å². The van der Waals surface area contributed by atoms with Crippen molar-refractivity contribution in [1.29, 1.82) is 0 Å². The highest BCUT2D eigenvalue weighted by Gasteiger charge is 2.15. The highest BCUT2D eigenvalue weighted by Crippen LogP contribution is 2.25. The summed E-state index contributed by atoms with van der Waals surface area (Å²) in [4.78, 5) is 7.14. The first-order valence-corrected chi connectivity index (χ1v) is 7.52. The molecule has 1 aromatic carbocycles. The molecule has 98 valence electrons. The molecule has 2 N–H and O–H groups in total. The molecule has 0 saturated carbocycles. The molecule has 0 spiro atoms. The van der Waals surface area contributed by atoms with Gasteiger partial charge in [-0.1, -0.05) is 26.8 Å². The molecule has 0 fully saturated rings. The van der Waals surface area contributed by atoms with Crippen LogP contribution in [-0.2, 0) is 15.4 Å². The second-order valence-corrected chi connectivity index (χ2v) is 7.19. The van der Waals surface area contributed by atoms with Crippen LogP contribution in [0.15, 0.2) is 18.2 Å². The molecule has 0 atom stereocenters. The highest BCUT2D eigenvalue weighted by atomic mass is 32.2. The molecule has 0 amide bonds. The van der Waals surface area contributed by atoms with Crippen LogP contribution >= 0.6 is 0 Å². The normalized spacial score (nSPS) is 12.9. The first-order valence-electron chi connectivity index (χ1n) is 5.63. The van der Waals surface area contributed by atoms with E-state index < -0.39 is 10.0 Å². The molecule has 0 radical (unpaired) electrons. The van der Waals surface area contributed by atoms with Gasteiger partial charge in [-0.15, -0.1) is 0 Å². The minimum absolute atomic E-state index is 0.0454. The lowest BCUT2D eigenvalue weighted by atomic mass is 9.87. The number of aromatic amines is 1. The van der Waals surface area contributed by atoms with Crippen LogP contribution in [0.4, 0.5) is 5.95 Å². The fourth-order valence-corrected chi connectivity index (χ4v) is 2.15. The maximum absolute atomic E-state index is 11.1. The summed E-state index contributed by atoms with van der Waals surface area (Å²) in [5.74, 6) is 0.249. The molecule has 1 aromatic heterocycles. The zero-order valence-electron chi connectivity index (χ0n) is 10.9. The van der Waals surface area contributed by atoms with E-state index >= 15 is 0 Å². The molecule has 6 heteroatoms. The maximum atomic E-state index is 11.1. The number of hydrogen-bond donors (Lipinski definition) is 2. The molecule has 0 aliphatic rings. The van der Waals surface area contributed by atoms with Gasteiger partial charge in [0, 0.05) is 0 Å². The lowest BCUT2D eigenvalue weighted by molar-refractivity contribution is 0.591. The van der Waals surface area contributed by atoms with Crippen molar-refractivity contribution in [2.24, 2.45) is 0 Å². The molecule has 5 nitrogen and oxygen atoms in total. The van der Waals surface area contributed by atoms with Crippen molar-refractivity contribution in [3.63, 3.8) is 0 Å². The van der Waals surface area contributed by atoms with Gasteiger partial charge in [-0.3, -0.25) is 4.72 Å². The van der Waals surface area contributed by atoms with E-state index in [2.05, 4.69) is 35.5 Å². The van der Waals surface area contributed by atoms with Crippen LogP contribution in [0.5, 0.6) is 0 Å². The number of rotatable bonds is 2. The largest absolute Gasteiger partial charge is 0.323 e. The van der Waals surface area contributed by atoms with E-state index in [-0.39, 0.29) is 11.4 Å². The third-order valence-corrected chi connectivity index (χ3v) is 3.19. The van der Waals surface area contributed by atoms with Crippen LogP contribution in [0, 0.1) is 0 Å². The van der Waals surface area contributed by atoms with E-state index in [1.165, 1.54) is 5.56 Å². The number of anilines is 1. The summed E-state index contributed by atoms with van der Waals surface area (Å²) in [7, 11) is -3.31. The van der Waals surface area contributed by atoms with Crippen molar-refractivity contribution in [3.05, 3.63) is 23.8 Å². The van der Waals surface area contributed by atoms with Gasteiger partial charge < -0.3 is 4.98 Å². The minimum Gasteiger partial charge on any atom is -0.323 e. The van der Waals surface area contributed by atoms with Gasteiger partial charge in [0.05, 0.1) is 17.3 Å². The van der Waals surface area contributed by atoms with Gasteiger partial charge in [0.15, 0.2) is 0 Å². The first kappa shape index (κ1) is 12.9. The molecule has 0 bridgehead atoms. The average molecular weight is 267 g/mol. The second kappa shape index (κ2) is 3.98. The third kappa shape index (κ3) is 2.81. The fourth-order valence-electron chi connectivity index (χ4n) is 1.70. The van der Waals surface area contributed by atoms with Crippen molar-refractivity contribution in [3.8, 4) is 0 Å². The van der Waals surface area contributed by atoms with Gasteiger partial charge in [-0.2, -0.15) is 0 Å². The monoisotopic (exact) mass is 267 g/mol. The standard InChI is InChI=1S/C12H17N3O2S/c1-12(2,3)8-5-6-9-10(7-8)14-11(13-9)15-18(4,16)17/h5-7H,1-4H3,(H2,13,14,15). The van der Waals surface area contributed by atoms with Gasteiger partial charge in [0.25, 0.3) is 0 Å². The smallest absolute Gasteiger partial charge is 0.232 e. The summed E-state index contributed by atoms with van der Waals surface area (Å²) in [6, 6.07) is 5.89. The predicted octanol–water partition coefficient (Wildman–Crippen LogP) is 2.23. The van der Waals surface area contributed by atoms with E-state index in [1.807, 2.05) is 18.2 Å². The Balaban J connectivity index is 2.46. The van der Waals surface area contributed by atoms with E-state index in [9.17, 15) is 8.42 Å². The number of fused-ring (bicyclic) bond motifs is 1. The summed E-state index contributed by atoms with van der Waals surface area (Å²) in [6.07, 6.45) is 1.10. The molecule has 0 aliphatic heterocycles. The topological polar surface area (TPSA) is 74.8 Å². The van der Waals surface area contributed by atoms with E-state index in [1.54, 1.807) is 0 Å². The molecular formula is C12H17N3O2S. The second-order valence-electron chi connectivity index (χ2n) is 5.44. The first-order chi connectivity index (χ1) is 8.15. The Morgan fingerprint density at radius 2 is 1.94 bits per heavy atom. The zero-order valence-corrected chi connectivity index (χ0v) is 11.7. The van der Waals surface area contributed by atoms with Crippen LogP contribution in [0.2, 0.25) is 0 Å². The molecule has 2 aromatic rings. The average Bonchev–Trinajstić information content (AvgIpc) is 2.53. The zero-order chi connectivity index (χ0) is 13.6. The summed E-state index contributed by atoms with van der Waals surface area (Å²) >= 11 is 0. The highest BCUT2D eigenvalue weighted by molar-refractivity contribution is 7.91. The van der Waals surface area contributed by atoms with Crippen molar-refractivity contribution in [2.45, 2.75) is 26.2 Å². The van der Waals surface area contributed by atoms with Gasteiger partial charge in [-0.05, 0) is 23.1 Å². The summed E-state index contributed by atoms with van der Waals surface area (Å²) in [5, 5.41) is 0. The number of aromatic nitrogens is 2. The molecule has 2 rings (SSSR count). The van der Waals surface area contributed by atoms with Crippen LogP contribution in [0.3, 0.4) is 0 Å². The lowest BCUT2D eigenvalue weighted by Crippen LogP contribution is -2.10. The maximum Gasteiger partial charge on any atom is 0.232 e. The Hall–Kier alpha value is -1.56. The SMILES string of the molecule is CC(C)(C)c1ccc2nc(NS(C)(=O)=O)[nH]c2c1. The van der Waals surface area contributed by atoms with E-state index in [0.717, 1.165) is 17.3 Å². The fraction of sp³-hybridized carbons (Fsp3) is 0.417. The van der Waals surface area contributed by atoms with E-state index in [4.69, 9.17) is 0 Å². The van der Waals surface area contributed by atoms with Gasteiger partial charge >= 0.3 is 0 Å². The van der Waals surface area contributed by atoms with Crippen molar-refractivity contribution in [1.82, 2.24) is 9.97 Å². The summed E-state index contributed by atoms with van der Waals surface area (Å²) in [5.41, 5.74) is 2.79. The molecule has 1 heterocycles. The quantitative estimate of drug-likeness (QED) is 0.876. The van der Waals surface area contributed by atoms with Crippen LogP contribution in [-0.4, -0.2) is 24.6 Å². The van der Waals surface area contributed by atoms with E-state index in [0.29, 0.717) is 0 Å².